The minimum absolute atomic E-state index is 0.941. The number of hydrogen-bond acceptors (Lipinski definition) is 2. The average Bonchev–Trinajstić information content (AvgIpc) is 3.42. The van der Waals surface area contributed by atoms with Gasteiger partial charge >= 0.3 is 0 Å². The number of benzene rings is 5. The summed E-state index contributed by atoms with van der Waals surface area (Å²) < 4.78 is 2.50. The second-order valence-corrected chi connectivity index (χ2v) is 11.9. The van der Waals surface area contributed by atoms with E-state index in [1.165, 1.54) is 61.2 Å². The number of fused-ring (bicyclic) bond motifs is 6. The summed E-state index contributed by atoms with van der Waals surface area (Å²) in [6.45, 7) is 0. The van der Waals surface area contributed by atoms with Crippen LogP contribution in [-0.2, 0) is 0 Å². The molecule has 0 bridgehead atoms. The monoisotopic (exact) mass is 589 g/mol. The van der Waals surface area contributed by atoms with E-state index in [1.54, 1.807) is 0 Å². The average molecular weight is 590 g/mol. The van der Waals surface area contributed by atoms with Gasteiger partial charge in [-0.25, -0.2) is 4.98 Å². The molecule has 0 unspecified atom stereocenters. The number of pyridine rings is 1. The first-order valence-corrected chi connectivity index (χ1v) is 16.0. The van der Waals surface area contributed by atoms with Crippen molar-refractivity contribution in [1.82, 2.24) is 9.55 Å². The molecule has 0 atom stereocenters. The third kappa shape index (κ3) is 4.24. The Kier molecular flexibility index (Phi) is 6.27. The van der Waals surface area contributed by atoms with Gasteiger partial charge in [-0.05, 0) is 77.6 Å². The molecule has 7 aromatic rings. The van der Waals surface area contributed by atoms with E-state index in [9.17, 15) is 0 Å². The van der Waals surface area contributed by atoms with Gasteiger partial charge in [0.1, 0.15) is 5.82 Å². The standard InChI is InChI=1S/C43H31N3/c1-3-15-30(16-4-1)32-27-33(31-17-5-2-6-18-31)29-34(28-32)45-38-22-10-7-19-35(38)42-36-20-8-11-23-39(36)46(41-25-13-14-26-44-41)40-24-12-9-21-37(40)43(42)45/h1-10,12-22,24-29H,11,23H2. The fourth-order valence-corrected chi connectivity index (χ4v) is 7.24. The third-order valence-corrected chi connectivity index (χ3v) is 9.23. The van der Waals surface area contributed by atoms with Crippen LogP contribution in [-0.4, -0.2) is 9.55 Å². The highest BCUT2D eigenvalue weighted by Crippen LogP contribution is 2.51. The highest BCUT2D eigenvalue weighted by Gasteiger charge is 2.33. The summed E-state index contributed by atoms with van der Waals surface area (Å²) in [7, 11) is 0. The van der Waals surface area contributed by atoms with Crippen LogP contribution < -0.4 is 4.90 Å². The molecule has 3 nitrogen and oxygen atoms in total. The molecule has 0 N–H and O–H groups in total. The maximum Gasteiger partial charge on any atom is 0.137 e. The van der Waals surface area contributed by atoms with Gasteiger partial charge in [0.05, 0.1) is 16.9 Å². The molecule has 0 spiro atoms. The van der Waals surface area contributed by atoms with Gasteiger partial charge in [-0.2, -0.15) is 0 Å². The first-order chi connectivity index (χ1) is 22.8. The lowest BCUT2D eigenvalue weighted by molar-refractivity contribution is 0.917. The van der Waals surface area contributed by atoms with Crippen LogP contribution in [0.2, 0.25) is 0 Å². The first kappa shape index (κ1) is 26.5. The number of para-hydroxylation sites is 2. The summed E-state index contributed by atoms with van der Waals surface area (Å²) >= 11 is 0. The van der Waals surface area contributed by atoms with Crippen LogP contribution in [0.15, 0.2) is 170 Å². The zero-order valence-corrected chi connectivity index (χ0v) is 25.3. The minimum atomic E-state index is 0.941. The Balaban J connectivity index is 1.41. The van der Waals surface area contributed by atoms with Crippen LogP contribution in [0, 0.1) is 0 Å². The van der Waals surface area contributed by atoms with E-state index in [-0.39, 0.29) is 0 Å². The molecule has 0 saturated carbocycles. The van der Waals surface area contributed by atoms with Crippen molar-refractivity contribution in [2.75, 3.05) is 4.90 Å². The highest BCUT2D eigenvalue weighted by molar-refractivity contribution is 6.09. The SMILES string of the molecule is C1=CC2=C(CC1)N(c1ccccn1)c1ccccc1-c1c2c2ccccc2n1-c1cc(-c2ccccc2)cc(-c2ccccc2)c1. The lowest BCUT2D eigenvalue weighted by atomic mass is 9.93. The molecule has 5 aromatic carbocycles. The smallest absolute Gasteiger partial charge is 0.137 e. The van der Waals surface area contributed by atoms with Gasteiger partial charge in [-0.1, -0.05) is 115 Å². The van der Waals surface area contributed by atoms with Crippen molar-refractivity contribution >= 4 is 28.0 Å². The quantitative estimate of drug-likeness (QED) is 0.204. The van der Waals surface area contributed by atoms with Crippen molar-refractivity contribution in [2.24, 2.45) is 0 Å². The molecule has 218 valence electrons. The predicted molar refractivity (Wildman–Crippen MR) is 191 cm³/mol. The van der Waals surface area contributed by atoms with Crippen LogP contribution in [0.25, 0.3) is 55.7 Å². The van der Waals surface area contributed by atoms with Gasteiger partial charge in [0.25, 0.3) is 0 Å². The van der Waals surface area contributed by atoms with Crippen LogP contribution in [0.5, 0.6) is 0 Å². The Hall–Kier alpha value is -5.93. The Labute approximate surface area is 269 Å². The molecule has 9 rings (SSSR count). The van der Waals surface area contributed by atoms with Gasteiger partial charge in [-0.15, -0.1) is 0 Å². The Bertz CT molecular complexity index is 2240. The van der Waals surface area contributed by atoms with Gasteiger partial charge in [-0.3, -0.25) is 4.90 Å². The Morgan fingerprint density at radius 3 is 2.00 bits per heavy atom. The van der Waals surface area contributed by atoms with Crippen molar-refractivity contribution in [1.29, 1.82) is 0 Å². The second kappa shape index (κ2) is 10.9. The van der Waals surface area contributed by atoms with Gasteiger partial charge in [0, 0.05) is 39.7 Å². The van der Waals surface area contributed by atoms with Gasteiger partial charge in [0.15, 0.2) is 0 Å². The molecule has 0 amide bonds. The first-order valence-electron chi connectivity index (χ1n) is 16.0. The summed E-state index contributed by atoms with van der Waals surface area (Å²) in [5, 5.41) is 1.25. The molecule has 1 aliphatic carbocycles. The maximum atomic E-state index is 4.88. The molecule has 2 aromatic heterocycles. The van der Waals surface area contributed by atoms with E-state index in [0.29, 0.717) is 0 Å². The molecule has 3 heterocycles. The van der Waals surface area contributed by atoms with Crippen molar-refractivity contribution in [3.8, 4) is 39.2 Å². The van der Waals surface area contributed by atoms with Gasteiger partial charge in [0.2, 0.25) is 0 Å². The molecule has 0 radical (unpaired) electrons. The zero-order chi connectivity index (χ0) is 30.5. The van der Waals surface area contributed by atoms with Crippen molar-refractivity contribution < 1.29 is 0 Å². The number of aromatic nitrogens is 2. The maximum absolute atomic E-state index is 4.88. The second-order valence-electron chi connectivity index (χ2n) is 11.9. The van der Waals surface area contributed by atoms with Crippen LogP contribution in [0.4, 0.5) is 11.5 Å². The van der Waals surface area contributed by atoms with E-state index in [0.717, 1.165) is 30.0 Å². The third-order valence-electron chi connectivity index (χ3n) is 9.23. The summed E-state index contributed by atoms with van der Waals surface area (Å²) in [6, 6.07) is 52.4. The summed E-state index contributed by atoms with van der Waals surface area (Å²) in [5.74, 6) is 0.941. The Morgan fingerprint density at radius 1 is 0.587 bits per heavy atom. The Morgan fingerprint density at radius 2 is 1.26 bits per heavy atom. The van der Waals surface area contributed by atoms with E-state index in [2.05, 4.69) is 161 Å². The van der Waals surface area contributed by atoms with E-state index in [4.69, 9.17) is 4.98 Å². The molecule has 0 saturated heterocycles. The van der Waals surface area contributed by atoms with Crippen LogP contribution in [0.3, 0.4) is 0 Å². The van der Waals surface area contributed by atoms with E-state index >= 15 is 0 Å². The topological polar surface area (TPSA) is 21.1 Å². The molecule has 0 fully saturated rings. The van der Waals surface area contributed by atoms with E-state index < -0.39 is 0 Å². The lowest BCUT2D eigenvalue weighted by Crippen LogP contribution is -2.19. The molecular formula is C43H31N3. The number of allylic oxidation sites excluding steroid dienone is 4. The molecule has 3 heteroatoms. The highest BCUT2D eigenvalue weighted by atomic mass is 15.2. The molecule has 1 aliphatic heterocycles. The van der Waals surface area contributed by atoms with Crippen LogP contribution in [0.1, 0.15) is 18.4 Å². The fourth-order valence-electron chi connectivity index (χ4n) is 7.24. The number of hydrogen-bond donors (Lipinski definition) is 0. The largest absolute Gasteiger partial charge is 0.308 e. The molecule has 46 heavy (non-hydrogen) atoms. The number of anilines is 2. The number of nitrogens with zero attached hydrogens (tertiary/aromatic N) is 3. The van der Waals surface area contributed by atoms with Crippen molar-refractivity contribution in [3.63, 3.8) is 0 Å². The van der Waals surface area contributed by atoms with Crippen LogP contribution >= 0.6 is 0 Å². The molecule has 2 aliphatic rings. The molecular weight excluding hydrogens is 558 g/mol. The number of rotatable bonds is 4. The lowest BCUT2D eigenvalue weighted by Gasteiger charge is -2.29. The fraction of sp³-hybridized carbons (Fsp3) is 0.0465. The summed E-state index contributed by atoms with van der Waals surface area (Å²) in [4.78, 5) is 7.27. The van der Waals surface area contributed by atoms with Gasteiger partial charge < -0.3 is 4.57 Å². The summed E-state index contributed by atoms with van der Waals surface area (Å²) in [5.41, 5.74) is 14.5. The summed E-state index contributed by atoms with van der Waals surface area (Å²) in [6.07, 6.45) is 8.50. The predicted octanol–water partition coefficient (Wildman–Crippen LogP) is 11.2. The zero-order valence-electron chi connectivity index (χ0n) is 25.3. The van der Waals surface area contributed by atoms with Crippen molar-refractivity contribution in [3.05, 3.63) is 175 Å². The van der Waals surface area contributed by atoms with Crippen molar-refractivity contribution in [2.45, 2.75) is 12.8 Å². The normalized spacial score (nSPS) is 13.7. The van der Waals surface area contributed by atoms with E-state index in [1.807, 2.05) is 12.3 Å². The minimum Gasteiger partial charge on any atom is -0.308 e.